The van der Waals surface area contributed by atoms with E-state index in [1.54, 1.807) is 6.92 Å². The highest BCUT2D eigenvalue weighted by Gasteiger charge is 2.35. The first-order valence-corrected chi connectivity index (χ1v) is 10.6. The van der Waals surface area contributed by atoms with Crippen LogP contribution in [-0.2, 0) is 14.3 Å². The van der Waals surface area contributed by atoms with Crippen molar-refractivity contribution in [2.45, 2.75) is 45.7 Å². The van der Waals surface area contributed by atoms with Crippen LogP contribution in [0.15, 0.2) is 10.6 Å². The summed E-state index contributed by atoms with van der Waals surface area (Å²) in [6, 6.07) is -0.563. The number of hydrogen-bond donors (Lipinski definition) is 1. The highest BCUT2D eigenvalue weighted by Crippen LogP contribution is 2.35. The van der Waals surface area contributed by atoms with Crippen molar-refractivity contribution >= 4 is 29.5 Å². The molecule has 1 atom stereocenters. The molecule has 1 saturated heterocycles. The molecule has 1 N–H and O–H groups in total. The Kier molecular flexibility index (Phi) is 7.28. The number of halogens is 4. The first-order chi connectivity index (χ1) is 15.6. The molecule has 1 aliphatic carbocycles. The number of rotatable bonds is 6. The van der Waals surface area contributed by atoms with Gasteiger partial charge in [-0.3, -0.25) is 9.79 Å². The summed E-state index contributed by atoms with van der Waals surface area (Å²) in [6.07, 6.45) is 2.38. The summed E-state index contributed by atoms with van der Waals surface area (Å²) in [6.45, 7) is 4.36. The molecule has 1 aliphatic heterocycles. The van der Waals surface area contributed by atoms with Gasteiger partial charge in [-0.05, 0) is 26.7 Å². The largest absolute Gasteiger partial charge is 0.506 e. The molecule has 0 spiro atoms. The van der Waals surface area contributed by atoms with Gasteiger partial charge in [-0.15, -0.1) is 0 Å². The van der Waals surface area contributed by atoms with Crippen LogP contribution in [0.3, 0.4) is 0 Å². The lowest BCUT2D eigenvalue weighted by Crippen LogP contribution is -2.54. The van der Waals surface area contributed by atoms with Crippen molar-refractivity contribution in [3.8, 4) is 0 Å². The van der Waals surface area contributed by atoms with Crippen LogP contribution in [0.5, 0.6) is 0 Å². The molecule has 0 radical (unpaired) electrons. The third-order valence-electron chi connectivity index (χ3n) is 5.54. The molecule has 2 fully saturated rings. The summed E-state index contributed by atoms with van der Waals surface area (Å²) < 4.78 is 64.7. The standard InChI is InChI=1S/C22H25F4N3O4/c1-4-33-22(32)14(9-27-13-5-6-13)21(31)15-16(23)18(25)20(19(26)17(15)24)28-7-8-29(12(3)30)11(2)10-28/h9,11,13,31H,4-8,10H2,1-3H3. The van der Waals surface area contributed by atoms with Crippen LogP contribution < -0.4 is 4.90 Å². The van der Waals surface area contributed by atoms with Gasteiger partial charge in [0, 0.05) is 38.8 Å². The molecule has 180 valence electrons. The quantitative estimate of drug-likeness (QED) is 0.172. The van der Waals surface area contributed by atoms with Crippen LogP contribution in [0.2, 0.25) is 0 Å². The number of amides is 1. The Morgan fingerprint density at radius 2 is 1.73 bits per heavy atom. The minimum atomic E-state index is -1.86. The molecular formula is C22H25F4N3O4. The van der Waals surface area contributed by atoms with Crippen LogP contribution in [0, 0.1) is 23.3 Å². The van der Waals surface area contributed by atoms with Gasteiger partial charge in [-0.2, -0.15) is 0 Å². The zero-order valence-electron chi connectivity index (χ0n) is 18.5. The SMILES string of the molecule is CCOC(=O)C(C=NC1CC1)=C(O)c1c(F)c(F)c(N2CCN(C(C)=O)C(C)C2)c(F)c1F. The third kappa shape index (κ3) is 4.96. The predicted molar refractivity (Wildman–Crippen MR) is 113 cm³/mol. The number of piperazine rings is 1. The van der Waals surface area contributed by atoms with Crippen molar-refractivity contribution in [1.29, 1.82) is 0 Å². The second-order valence-corrected chi connectivity index (χ2v) is 7.98. The Hall–Kier alpha value is -3.11. The van der Waals surface area contributed by atoms with Crippen molar-refractivity contribution in [3.63, 3.8) is 0 Å². The monoisotopic (exact) mass is 471 g/mol. The lowest BCUT2D eigenvalue weighted by atomic mass is 10.0. The smallest absolute Gasteiger partial charge is 0.343 e. The summed E-state index contributed by atoms with van der Waals surface area (Å²) in [5.41, 5.74) is -3.08. The van der Waals surface area contributed by atoms with Gasteiger partial charge >= 0.3 is 5.97 Å². The van der Waals surface area contributed by atoms with Gasteiger partial charge < -0.3 is 19.6 Å². The van der Waals surface area contributed by atoms with Gasteiger partial charge in [0.25, 0.3) is 0 Å². The number of carbonyl (C=O) groups excluding carboxylic acids is 2. The van der Waals surface area contributed by atoms with Crippen molar-refractivity contribution in [2.75, 3.05) is 31.1 Å². The lowest BCUT2D eigenvalue weighted by Gasteiger charge is -2.40. The molecule has 0 aromatic heterocycles. The topological polar surface area (TPSA) is 82.4 Å². The Bertz CT molecular complexity index is 994. The van der Waals surface area contributed by atoms with E-state index in [2.05, 4.69) is 4.99 Å². The highest BCUT2D eigenvalue weighted by atomic mass is 19.2. The number of carbonyl (C=O) groups is 2. The van der Waals surface area contributed by atoms with Crippen LogP contribution in [0.1, 0.15) is 39.2 Å². The number of benzene rings is 1. The molecule has 0 bridgehead atoms. The number of aliphatic imine (C=N–C) groups is 1. The van der Waals surface area contributed by atoms with Crippen molar-refractivity contribution in [3.05, 3.63) is 34.4 Å². The van der Waals surface area contributed by atoms with E-state index in [4.69, 9.17) is 4.74 Å². The van der Waals surface area contributed by atoms with E-state index < -0.39 is 57.9 Å². The van der Waals surface area contributed by atoms with E-state index >= 15 is 0 Å². The van der Waals surface area contributed by atoms with E-state index in [9.17, 15) is 32.3 Å². The average molecular weight is 471 g/mol. The normalized spacial score (nSPS) is 19.7. The third-order valence-corrected chi connectivity index (χ3v) is 5.54. The molecule has 11 heteroatoms. The molecule has 33 heavy (non-hydrogen) atoms. The molecule has 7 nitrogen and oxygen atoms in total. The number of esters is 1. The van der Waals surface area contributed by atoms with Crippen LogP contribution in [0.4, 0.5) is 23.2 Å². The van der Waals surface area contributed by atoms with Crippen molar-refractivity contribution in [1.82, 2.24) is 4.90 Å². The number of nitrogens with zero attached hydrogens (tertiary/aromatic N) is 3. The molecule has 1 saturated carbocycles. The van der Waals surface area contributed by atoms with E-state index in [0.717, 1.165) is 24.0 Å². The first-order valence-electron chi connectivity index (χ1n) is 10.6. The Morgan fingerprint density at radius 1 is 1.12 bits per heavy atom. The van der Waals surface area contributed by atoms with Gasteiger partial charge in [-0.25, -0.2) is 22.4 Å². The molecule has 1 unspecified atom stereocenters. The number of aliphatic hydroxyl groups excluding tert-OH is 1. The minimum Gasteiger partial charge on any atom is -0.506 e. The summed E-state index contributed by atoms with van der Waals surface area (Å²) in [5, 5.41) is 10.5. The number of hydrogen-bond acceptors (Lipinski definition) is 6. The van der Waals surface area contributed by atoms with Crippen LogP contribution in [0.25, 0.3) is 5.76 Å². The second-order valence-electron chi connectivity index (χ2n) is 7.98. The van der Waals surface area contributed by atoms with E-state index in [-0.39, 0.29) is 38.2 Å². The maximum Gasteiger partial charge on any atom is 0.343 e. The van der Waals surface area contributed by atoms with Crippen molar-refractivity contribution < 1.29 is 37.0 Å². The fraction of sp³-hybridized carbons (Fsp3) is 0.500. The van der Waals surface area contributed by atoms with Gasteiger partial charge in [0.2, 0.25) is 5.91 Å². The molecule has 1 amide bonds. The number of ether oxygens (including phenoxy) is 1. The lowest BCUT2D eigenvalue weighted by molar-refractivity contribution is -0.137. The van der Waals surface area contributed by atoms with Crippen LogP contribution in [-0.4, -0.2) is 66.4 Å². The highest BCUT2D eigenvalue weighted by molar-refractivity contribution is 6.15. The summed E-state index contributed by atoms with van der Waals surface area (Å²) in [7, 11) is 0. The number of aliphatic hydroxyl groups is 1. The van der Waals surface area contributed by atoms with Gasteiger partial charge in [0.05, 0.1) is 18.2 Å². The molecule has 1 aromatic carbocycles. The van der Waals surface area contributed by atoms with Crippen LogP contribution >= 0.6 is 0 Å². The van der Waals surface area contributed by atoms with E-state index in [1.807, 2.05) is 0 Å². The average Bonchev–Trinajstić information content (AvgIpc) is 3.57. The summed E-state index contributed by atoms with van der Waals surface area (Å²) >= 11 is 0. The molecule has 3 rings (SSSR count). The zero-order valence-corrected chi connectivity index (χ0v) is 18.5. The number of anilines is 1. The molecule has 1 heterocycles. The zero-order chi connectivity index (χ0) is 24.4. The molecule has 1 aromatic rings. The minimum absolute atomic E-state index is 0.0556. The Balaban J connectivity index is 2.06. The van der Waals surface area contributed by atoms with Gasteiger partial charge in [-0.1, -0.05) is 0 Å². The molecule has 2 aliphatic rings. The first kappa shape index (κ1) is 24.5. The summed E-state index contributed by atoms with van der Waals surface area (Å²) in [4.78, 5) is 30.4. The fourth-order valence-corrected chi connectivity index (χ4v) is 3.69. The van der Waals surface area contributed by atoms with Gasteiger partial charge in [0.15, 0.2) is 23.3 Å². The maximum absolute atomic E-state index is 15.0. The van der Waals surface area contributed by atoms with E-state index in [1.165, 1.54) is 18.7 Å². The maximum atomic E-state index is 15.0. The van der Waals surface area contributed by atoms with Crippen molar-refractivity contribution in [2.24, 2.45) is 4.99 Å². The summed E-state index contributed by atoms with van der Waals surface area (Å²) in [5.74, 6) is -9.84. The second kappa shape index (κ2) is 9.80. The fourth-order valence-electron chi connectivity index (χ4n) is 3.69. The van der Waals surface area contributed by atoms with Gasteiger partial charge in [0.1, 0.15) is 17.0 Å². The van der Waals surface area contributed by atoms with E-state index in [0.29, 0.717) is 0 Å². The molecular weight excluding hydrogens is 446 g/mol. The Morgan fingerprint density at radius 3 is 2.21 bits per heavy atom. The Labute approximate surface area is 188 Å². The predicted octanol–water partition coefficient (Wildman–Crippen LogP) is 3.37.